The summed E-state index contributed by atoms with van der Waals surface area (Å²) in [5, 5.41) is 2.84. The second kappa shape index (κ2) is 8.31. The van der Waals surface area contributed by atoms with E-state index >= 15 is 0 Å². The maximum absolute atomic E-state index is 12.5. The number of ether oxygens (including phenoxy) is 1. The number of amides is 1. The molecule has 0 unspecified atom stereocenters. The van der Waals surface area contributed by atoms with Gasteiger partial charge in [-0.05, 0) is 62.3 Å². The maximum atomic E-state index is 12.5. The smallest absolute Gasteiger partial charge is 0.323 e. The van der Waals surface area contributed by atoms with Crippen molar-refractivity contribution in [3.8, 4) is 5.75 Å². The molecule has 1 amide bonds. The van der Waals surface area contributed by atoms with Gasteiger partial charge in [-0.2, -0.15) is 0 Å². The van der Waals surface area contributed by atoms with Crippen LogP contribution in [0.1, 0.15) is 29.6 Å². The zero-order valence-corrected chi connectivity index (χ0v) is 15.7. The summed E-state index contributed by atoms with van der Waals surface area (Å²) in [4.78, 5) is 31.8. The van der Waals surface area contributed by atoms with E-state index < -0.39 is 0 Å². The molecule has 0 bridgehead atoms. The number of nitrogens with one attached hydrogen (secondary N) is 3. The van der Waals surface area contributed by atoms with Gasteiger partial charge in [0.2, 0.25) is 0 Å². The highest BCUT2D eigenvalue weighted by Crippen LogP contribution is 2.20. The predicted octanol–water partition coefficient (Wildman–Crippen LogP) is 2.97. The van der Waals surface area contributed by atoms with Crippen molar-refractivity contribution in [2.24, 2.45) is 0 Å². The number of carbonyl (C=O) groups is 1. The van der Waals surface area contributed by atoms with E-state index in [9.17, 15) is 9.59 Å². The Morgan fingerprint density at radius 2 is 1.82 bits per heavy atom. The van der Waals surface area contributed by atoms with E-state index in [2.05, 4.69) is 20.2 Å². The molecule has 146 valence electrons. The number of para-hydroxylation sites is 1. The first kappa shape index (κ1) is 18.3. The van der Waals surface area contributed by atoms with Crippen LogP contribution in [0.3, 0.4) is 0 Å². The number of likely N-dealkylation sites (tertiary alicyclic amines) is 1. The number of anilines is 1. The zero-order chi connectivity index (χ0) is 19.3. The molecule has 1 aliphatic rings. The van der Waals surface area contributed by atoms with Gasteiger partial charge in [0.25, 0.3) is 5.91 Å². The maximum Gasteiger partial charge on any atom is 0.323 e. The molecule has 0 spiro atoms. The van der Waals surface area contributed by atoms with Crippen LogP contribution in [-0.2, 0) is 0 Å². The second-order valence-electron chi connectivity index (χ2n) is 7.04. The molecule has 0 saturated carbocycles. The molecular formula is C21H24N4O3. The number of aromatic nitrogens is 2. The number of piperidine rings is 1. The number of hydrogen-bond acceptors (Lipinski definition) is 4. The molecule has 28 heavy (non-hydrogen) atoms. The quantitative estimate of drug-likeness (QED) is 0.613. The SMILES string of the molecule is O=C(Nc1cccc2[nH]c(=O)[nH]c12)c1ccc(OCCN2CCCCC2)cc1. The number of H-pyrrole nitrogens is 2. The Morgan fingerprint density at radius 1 is 1.04 bits per heavy atom. The van der Waals surface area contributed by atoms with Gasteiger partial charge in [0, 0.05) is 12.1 Å². The van der Waals surface area contributed by atoms with Gasteiger partial charge < -0.3 is 20.0 Å². The van der Waals surface area contributed by atoms with Crippen LogP contribution in [0.2, 0.25) is 0 Å². The Hall–Kier alpha value is -3.06. The summed E-state index contributed by atoms with van der Waals surface area (Å²) in [5.74, 6) is 0.514. The topological polar surface area (TPSA) is 90.2 Å². The van der Waals surface area contributed by atoms with E-state index in [1.807, 2.05) is 12.1 Å². The number of imidazole rings is 1. The van der Waals surface area contributed by atoms with Gasteiger partial charge in [-0.3, -0.25) is 9.69 Å². The summed E-state index contributed by atoms with van der Waals surface area (Å²) in [5.41, 5.74) is 2.02. The third kappa shape index (κ3) is 4.26. The highest BCUT2D eigenvalue weighted by atomic mass is 16.5. The fraction of sp³-hybridized carbons (Fsp3) is 0.333. The highest BCUT2D eigenvalue weighted by Gasteiger charge is 2.11. The van der Waals surface area contributed by atoms with Gasteiger partial charge in [-0.1, -0.05) is 12.5 Å². The molecular weight excluding hydrogens is 356 g/mol. The van der Waals surface area contributed by atoms with Crippen molar-refractivity contribution in [1.82, 2.24) is 14.9 Å². The fourth-order valence-corrected chi connectivity index (χ4v) is 3.54. The molecule has 4 rings (SSSR count). The first-order valence-electron chi connectivity index (χ1n) is 9.67. The van der Waals surface area contributed by atoms with Gasteiger partial charge in [0.05, 0.1) is 16.7 Å². The molecule has 0 radical (unpaired) electrons. The van der Waals surface area contributed by atoms with Gasteiger partial charge >= 0.3 is 5.69 Å². The van der Waals surface area contributed by atoms with E-state index in [0.29, 0.717) is 28.9 Å². The van der Waals surface area contributed by atoms with Crippen molar-refractivity contribution < 1.29 is 9.53 Å². The summed E-state index contributed by atoms with van der Waals surface area (Å²) >= 11 is 0. The lowest BCUT2D eigenvalue weighted by atomic mass is 10.1. The Morgan fingerprint density at radius 3 is 2.61 bits per heavy atom. The Bertz CT molecular complexity index is 1000. The number of rotatable bonds is 6. The van der Waals surface area contributed by atoms with E-state index in [4.69, 9.17) is 4.74 Å². The van der Waals surface area contributed by atoms with E-state index in [1.54, 1.807) is 30.3 Å². The monoisotopic (exact) mass is 380 g/mol. The van der Waals surface area contributed by atoms with Crippen molar-refractivity contribution in [2.75, 3.05) is 31.6 Å². The third-order valence-electron chi connectivity index (χ3n) is 5.04. The number of aromatic amines is 2. The van der Waals surface area contributed by atoms with Crippen molar-refractivity contribution in [1.29, 1.82) is 0 Å². The Kier molecular flexibility index (Phi) is 5.43. The number of hydrogen-bond donors (Lipinski definition) is 3. The van der Waals surface area contributed by atoms with Gasteiger partial charge in [-0.25, -0.2) is 4.79 Å². The molecule has 0 atom stereocenters. The predicted molar refractivity (Wildman–Crippen MR) is 109 cm³/mol. The Balaban J connectivity index is 1.35. The van der Waals surface area contributed by atoms with Crippen LogP contribution in [0.15, 0.2) is 47.3 Å². The highest BCUT2D eigenvalue weighted by molar-refractivity contribution is 6.07. The van der Waals surface area contributed by atoms with Crippen molar-refractivity contribution >= 4 is 22.6 Å². The third-order valence-corrected chi connectivity index (χ3v) is 5.04. The molecule has 3 N–H and O–H groups in total. The minimum atomic E-state index is -0.303. The largest absolute Gasteiger partial charge is 0.492 e. The van der Waals surface area contributed by atoms with Crippen LogP contribution in [-0.4, -0.2) is 47.0 Å². The van der Waals surface area contributed by atoms with Gasteiger partial charge in [-0.15, -0.1) is 0 Å². The normalized spacial score (nSPS) is 14.9. The number of nitrogens with zero attached hydrogens (tertiary/aromatic N) is 1. The lowest BCUT2D eigenvalue weighted by Crippen LogP contribution is -2.33. The molecule has 1 saturated heterocycles. The number of carbonyl (C=O) groups excluding carboxylic acids is 1. The fourth-order valence-electron chi connectivity index (χ4n) is 3.54. The van der Waals surface area contributed by atoms with Crippen molar-refractivity contribution in [2.45, 2.75) is 19.3 Å². The summed E-state index contributed by atoms with van der Waals surface area (Å²) in [6.07, 6.45) is 3.87. The molecule has 7 heteroatoms. The summed E-state index contributed by atoms with van der Waals surface area (Å²) in [6, 6.07) is 12.4. The van der Waals surface area contributed by atoms with E-state index in [1.165, 1.54) is 19.3 Å². The van der Waals surface area contributed by atoms with Crippen LogP contribution in [0.5, 0.6) is 5.75 Å². The molecule has 1 fully saturated rings. The molecule has 3 aromatic rings. The summed E-state index contributed by atoms with van der Waals surface area (Å²) < 4.78 is 5.80. The van der Waals surface area contributed by atoms with Crippen LogP contribution < -0.4 is 15.7 Å². The average Bonchev–Trinajstić information content (AvgIpc) is 3.10. The average molecular weight is 380 g/mol. The van der Waals surface area contributed by atoms with E-state index in [-0.39, 0.29) is 11.6 Å². The lowest BCUT2D eigenvalue weighted by molar-refractivity contribution is 0.102. The summed E-state index contributed by atoms with van der Waals surface area (Å²) in [6.45, 7) is 3.89. The Labute approximate surface area is 162 Å². The van der Waals surface area contributed by atoms with Gasteiger partial charge in [0.1, 0.15) is 12.4 Å². The minimum absolute atomic E-state index is 0.241. The van der Waals surface area contributed by atoms with Crippen LogP contribution in [0.25, 0.3) is 11.0 Å². The molecule has 2 heterocycles. The molecule has 0 aliphatic carbocycles. The minimum Gasteiger partial charge on any atom is -0.492 e. The summed E-state index contributed by atoms with van der Waals surface area (Å²) in [7, 11) is 0. The molecule has 1 aliphatic heterocycles. The zero-order valence-electron chi connectivity index (χ0n) is 15.7. The van der Waals surface area contributed by atoms with Crippen LogP contribution in [0.4, 0.5) is 5.69 Å². The molecule has 1 aromatic heterocycles. The molecule has 7 nitrogen and oxygen atoms in total. The lowest BCUT2D eigenvalue weighted by Gasteiger charge is -2.26. The van der Waals surface area contributed by atoms with Crippen LogP contribution >= 0.6 is 0 Å². The van der Waals surface area contributed by atoms with Crippen molar-refractivity contribution in [3.63, 3.8) is 0 Å². The number of benzene rings is 2. The second-order valence-corrected chi connectivity index (χ2v) is 7.04. The first-order chi connectivity index (χ1) is 13.7. The number of fused-ring (bicyclic) bond motifs is 1. The standard InChI is InChI=1S/C21H24N4O3/c26-20(22-17-5-4-6-18-19(17)24-21(27)23-18)15-7-9-16(10-8-15)28-14-13-25-11-2-1-3-12-25/h4-10H,1-3,11-14H2,(H,22,26)(H2,23,24,27). The first-order valence-corrected chi connectivity index (χ1v) is 9.67. The van der Waals surface area contributed by atoms with E-state index in [0.717, 1.165) is 25.4 Å². The van der Waals surface area contributed by atoms with Gasteiger partial charge in [0.15, 0.2) is 0 Å². The van der Waals surface area contributed by atoms with Crippen LogP contribution in [0, 0.1) is 0 Å². The van der Waals surface area contributed by atoms with Crippen molar-refractivity contribution in [3.05, 3.63) is 58.5 Å². The molecule has 2 aromatic carbocycles.